The first-order valence-corrected chi connectivity index (χ1v) is 21.8. The molecule has 0 aromatic heterocycles. The van der Waals surface area contributed by atoms with Crippen LogP contribution in [0.1, 0.15) is 55.1 Å². The van der Waals surface area contributed by atoms with E-state index in [1.807, 2.05) is 72.8 Å². The molecule has 6 aromatic carbocycles. The SMILES string of the molecule is O=C(c1ccc(Cl)c(S(=O)(=O)Nc2ccccc2C(=O)N2CCN(C(c3ccccc3)c3ccccc3)CC2)c1)N1CCN(C(c2ccccc2)c2ccccc2)CC1. The van der Waals surface area contributed by atoms with E-state index in [2.05, 4.69) is 63.1 Å². The number of sulfonamides is 1. The molecule has 8 rings (SSSR count). The van der Waals surface area contributed by atoms with Crippen LogP contribution in [-0.2, 0) is 10.0 Å². The van der Waals surface area contributed by atoms with E-state index in [1.54, 1.807) is 40.1 Å². The number of benzene rings is 6. The zero-order valence-electron chi connectivity index (χ0n) is 32.6. The highest BCUT2D eigenvalue weighted by Crippen LogP contribution is 2.33. The minimum atomic E-state index is -4.32. The molecule has 2 aliphatic rings. The van der Waals surface area contributed by atoms with Crippen LogP contribution in [0, 0.1) is 0 Å². The van der Waals surface area contributed by atoms with Crippen molar-refractivity contribution in [1.29, 1.82) is 0 Å². The number of amides is 2. The maximum Gasteiger partial charge on any atom is 0.263 e. The Morgan fingerprint density at radius 1 is 0.492 bits per heavy atom. The number of anilines is 1. The van der Waals surface area contributed by atoms with Crippen molar-refractivity contribution >= 4 is 39.1 Å². The molecule has 11 heteroatoms. The molecule has 0 aliphatic carbocycles. The van der Waals surface area contributed by atoms with Crippen LogP contribution in [0.4, 0.5) is 5.69 Å². The minimum absolute atomic E-state index is 0.0289. The summed E-state index contributed by atoms with van der Waals surface area (Å²) >= 11 is 6.53. The minimum Gasteiger partial charge on any atom is -0.336 e. The van der Waals surface area contributed by atoms with Crippen LogP contribution < -0.4 is 4.72 Å². The molecular weight excluding hydrogens is 778 g/mol. The molecule has 2 aliphatic heterocycles. The number of carbonyl (C=O) groups excluding carboxylic acids is 2. The van der Waals surface area contributed by atoms with Gasteiger partial charge in [-0.15, -0.1) is 0 Å². The second kappa shape index (κ2) is 18.0. The first kappa shape index (κ1) is 40.0. The molecule has 0 unspecified atom stereocenters. The summed E-state index contributed by atoms with van der Waals surface area (Å²) < 4.78 is 30.7. The molecule has 2 saturated heterocycles. The molecule has 6 aromatic rings. The molecular formula is C48H46ClN5O4S. The molecule has 2 heterocycles. The van der Waals surface area contributed by atoms with Gasteiger partial charge in [0.25, 0.3) is 21.8 Å². The van der Waals surface area contributed by atoms with Gasteiger partial charge in [0.15, 0.2) is 0 Å². The summed E-state index contributed by atoms with van der Waals surface area (Å²) in [5.74, 6) is -0.542. The van der Waals surface area contributed by atoms with E-state index < -0.39 is 10.0 Å². The van der Waals surface area contributed by atoms with Crippen molar-refractivity contribution in [1.82, 2.24) is 19.6 Å². The number of nitrogens with one attached hydrogen (secondary N) is 1. The van der Waals surface area contributed by atoms with E-state index in [1.165, 1.54) is 34.4 Å². The van der Waals surface area contributed by atoms with E-state index in [-0.39, 0.29) is 50.6 Å². The van der Waals surface area contributed by atoms with E-state index >= 15 is 0 Å². The fourth-order valence-corrected chi connectivity index (χ4v) is 9.90. The molecule has 2 amide bonds. The van der Waals surface area contributed by atoms with Gasteiger partial charge in [0.1, 0.15) is 4.90 Å². The fourth-order valence-electron chi connectivity index (χ4n) is 8.29. The van der Waals surface area contributed by atoms with Crippen LogP contribution in [-0.4, -0.2) is 92.2 Å². The Morgan fingerprint density at radius 3 is 1.32 bits per heavy atom. The van der Waals surface area contributed by atoms with E-state index in [9.17, 15) is 18.0 Å². The molecule has 0 bridgehead atoms. The highest BCUT2D eigenvalue weighted by atomic mass is 35.5. The molecule has 0 saturated carbocycles. The smallest absolute Gasteiger partial charge is 0.263 e. The number of nitrogens with zero attached hydrogens (tertiary/aromatic N) is 4. The van der Waals surface area contributed by atoms with Gasteiger partial charge in [-0.25, -0.2) is 8.42 Å². The lowest BCUT2D eigenvalue weighted by molar-refractivity contribution is 0.0591. The van der Waals surface area contributed by atoms with Crippen molar-refractivity contribution in [2.24, 2.45) is 0 Å². The summed E-state index contributed by atoms with van der Waals surface area (Å²) in [6.45, 7) is 4.45. The second-order valence-corrected chi connectivity index (χ2v) is 17.0. The van der Waals surface area contributed by atoms with Gasteiger partial charge in [-0.3, -0.25) is 24.1 Å². The van der Waals surface area contributed by atoms with Gasteiger partial charge in [0, 0.05) is 57.9 Å². The van der Waals surface area contributed by atoms with Gasteiger partial charge in [-0.05, 0) is 52.6 Å². The fraction of sp³-hybridized carbons (Fsp3) is 0.208. The van der Waals surface area contributed by atoms with Crippen LogP contribution in [0.25, 0.3) is 0 Å². The third-order valence-corrected chi connectivity index (χ3v) is 13.1. The number of rotatable bonds is 11. The first-order valence-electron chi connectivity index (χ1n) is 19.9. The Kier molecular flexibility index (Phi) is 12.2. The van der Waals surface area contributed by atoms with E-state index in [4.69, 9.17) is 11.6 Å². The molecule has 9 nitrogen and oxygen atoms in total. The number of carbonyl (C=O) groups is 2. The van der Waals surface area contributed by atoms with Gasteiger partial charge < -0.3 is 9.80 Å². The molecule has 1 N–H and O–H groups in total. The van der Waals surface area contributed by atoms with E-state index in [0.717, 1.165) is 0 Å². The summed E-state index contributed by atoms with van der Waals surface area (Å²) in [7, 11) is -4.32. The van der Waals surface area contributed by atoms with Gasteiger partial charge in [-0.2, -0.15) is 0 Å². The van der Waals surface area contributed by atoms with Crippen molar-refractivity contribution in [2.75, 3.05) is 57.1 Å². The molecule has 0 spiro atoms. The van der Waals surface area contributed by atoms with Gasteiger partial charge in [-0.1, -0.05) is 145 Å². The predicted octanol–water partition coefficient (Wildman–Crippen LogP) is 8.24. The average molecular weight is 824 g/mol. The summed E-state index contributed by atoms with van der Waals surface area (Å²) in [4.78, 5) is 36.0. The van der Waals surface area contributed by atoms with Crippen molar-refractivity contribution in [3.63, 3.8) is 0 Å². The van der Waals surface area contributed by atoms with Crippen molar-refractivity contribution < 1.29 is 18.0 Å². The predicted molar refractivity (Wildman–Crippen MR) is 233 cm³/mol. The standard InChI is InChI=1S/C48H46ClN5O4S/c49-42-26-25-40(47(55)53-31-27-51(28-32-53)45(36-15-5-1-6-16-36)37-17-7-2-8-18-37)35-44(42)59(57,58)50-43-24-14-13-23-41(43)48(56)54-33-29-52(30-34-54)46(38-19-9-3-10-20-38)39-21-11-4-12-22-39/h1-26,35,45-46,50H,27-34H2. The largest absolute Gasteiger partial charge is 0.336 e. The molecule has 0 radical (unpaired) electrons. The molecule has 0 atom stereocenters. The maximum atomic E-state index is 14.1. The van der Waals surface area contributed by atoms with Crippen LogP contribution in [0.2, 0.25) is 5.02 Å². The van der Waals surface area contributed by atoms with Crippen LogP contribution in [0.5, 0.6) is 0 Å². The Labute approximate surface area is 351 Å². The Balaban J connectivity index is 0.944. The third-order valence-electron chi connectivity index (χ3n) is 11.3. The monoisotopic (exact) mass is 823 g/mol. The van der Waals surface area contributed by atoms with Gasteiger partial charge >= 0.3 is 0 Å². The number of hydrogen-bond donors (Lipinski definition) is 1. The summed E-state index contributed by atoms with van der Waals surface area (Å²) in [6.07, 6.45) is 0. The number of halogens is 1. The molecule has 2 fully saturated rings. The zero-order valence-corrected chi connectivity index (χ0v) is 34.2. The molecule has 59 heavy (non-hydrogen) atoms. The number of hydrogen-bond acceptors (Lipinski definition) is 6. The van der Waals surface area contributed by atoms with Crippen LogP contribution >= 0.6 is 11.6 Å². The number of piperazine rings is 2. The van der Waals surface area contributed by atoms with Crippen molar-refractivity contribution in [3.05, 3.63) is 202 Å². The maximum absolute atomic E-state index is 14.1. The highest BCUT2D eigenvalue weighted by molar-refractivity contribution is 7.92. The lowest BCUT2D eigenvalue weighted by Crippen LogP contribution is -2.50. The summed E-state index contributed by atoms with van der Waals surface area (Å²) in [5, 5.41) is -0.0289. The van der Waals surface area contributed by atoms with Crippen molar-refractivity contribution in [3.8, 4) is 0 Å². The van der Waals surface area contributed by atoms with Crippen LogP contribution in [0.3, 0.4) is 0 Å². The molecule has 300 valence electrons. The van der Waals surface area contributed by atoms with Gasteiger partial charge in [0.05, 0.1) is 28.4 Å². The van der Waals surface area contributed by atoms with Crippen molar-refractivity contribution in [2.45, 2.75) is 17.0 Å². The Morgan fingerprint density at radius 2 is 0.881 bits per heavy atom. The first-order chi connectivity index (χ1) is 28.8. The lowest BCUT2D eigenvalue weighted by Gasteiger charge is -2.40. The topological polar surface area (TPSA) is 93.3 Å². The normalized spacial score (nSPS) is 15.4. The number of para-hydroxylation sites is 1. The zero-order chi connectivity index (χ0) is 40.8. The summed E-state index contributed by atoms with van der Waals surface area (Å²) in [6, 6.07) is 52.4. The second-order valence-electron chi connectivity index (χ2n) is 14.9. The Hall–Kier alpha value is -5.78. The van der Waals surface area contributed by atoms with Gasteiger partial charge in [0.2, 0.25) is 0 Å². The van der Waals surface area contributed by atoms with E-state index in [0.29, 0.717) is 52.4 Å². The average Bonchev–Trinajstić information content (AvgIpc) is 3.28. The quantitative estimate of drug-likeness (QED) is 0.142. The summed E-state index contributed by atoms with van der Waals surface area (Å²) in [5.41, 5.74) is 5.32. The van der Waals surface area contributed by atoms with Crippen LogP contribution in [0.15, 0.2) is 169 Å². The highest BCUT2D eigenvalue weighted by Gasteiger charge is 2.32. The lowest BCUT2D eigenvalue weighted by atomic mass is 9.96. The Bertz CT molecular complexity index is 2400. The third kappa shape index (κ3) is 8.96.